The number of likely N-dealkylation sites (tertiary alicyclic amines) is 1. The molecule has 1 amide bonds. The van der Waals surface area contributed by atoms with Gasteiger partial charge >= 0.3 is 6.09 Å². The molecule has 1 aliphatic heterocycles. The van der Waals surface area contributed by atoms with Crippen molar-refractivity contribution in [2.75, 3.05) is 33.4 Å². The Morgan fingerprint density at radius 2 is 1.89 bits per heavy atom. The number of amides is 1. The van der Waals surface area contributed by atoms with Crippen molar-refractivity contribution in [3.05, 3.63) is 0 Å². The first-order valence-corrected chi connectivity index (χ1v) is 10.5. The van der Waals surface area contributed by atoms with Crippen molar-refractivity contribution < 1.29 is 14.3 Å². The number of halogens is 1. The number of nitrogens with zero attached hydrogens (tertiary/aromatic N) is 2. The Morgan fingerprint density at radius 3 is 2.43 bits per heavy atom. The Morgan fingerprint density at radius 1 is 1.21 bits per heavy atom. The summed E-state index contributed by atoms with van der Waals surface area (Å²) in [6.07, 6.45) is 5.21. The lowest BCUT2D eigenvalue weighted by Gasteiger charge is -2.52. The Balaban J connectivity index is 0.00000392. The number of guanidine groups is 1. The second-order valence-electron chi connectivity index (χ2n) is 8.14. The topological polar surface area (TPSA) is 75.2 Å². The van der Waals surface area contributed by atoms with Crippen LogP contribution in [0.4, 0.5) is 4.79 Å². The summed E-state index contributed by atoms with van der Waals surface area (Å²) in [4.78, 5) is 18.0. The Hall–Kier alpha value is -0.770. The molecule has 8 heteroatoms. The molecule has 1 heterocycles. The van der Waals surface area contributed by atoms with E-state index in [1.165, 1.54) is 6.42 Å². The van der Waals surface area contributed by atoms with Crippen LogP contribution in [0.2, 0.25) is 0 Å². The maximum Gasteiger partial charge on any atom is 0.409 e. The van der Waals surface area contributed by atoms with Crippen LogP contribution in [0.25, 0.3) is 0 Å². The number of rotatable bonds is 7. The molecular weight excluding hydrogens is 471 g/mol. The number of hydrogen-bond acceptors (Lipinski definition) is 4. The lowest BCUT2D eigenvalue weighted by molar-refractivity contribution is -0.113. The van der Waals surface area contributed by atoms with Crippen molar-refractivity contribution in [3.63, 3.8) is 0 Å². The molecule has 0 spiro atoms. The van der Waals surface area contributed by atoms with Crippen LogP contribution in [0.1, 0.15) is 59.8 Å². The van der Waals surface area contributed by atoms with Gasteiger partial charge in [0.15, 0.2) is 5.96 Å². The van der Waals surface area contributed by atoms with Gasteiger partial charge in [0.05, 0.1) is 12.7 Å². The van der Waals surface area contributed by atoms with E-state index >= 15 is 0 Å². The van der Waals surface area contributed by atoms with Crippen LogP contribution in [0.15, 0.2) is 4.99 Å². The average Bonchev–Trinajstić information content (AvgIpc) is 2.66. The molecule has 2 fully saturated rings. The highest BCUT2D eigenvalue weighted by atomic mass is 127. The van der Waals surface area contributed by atoms with Crippen molar-refractivity contribution in [2.24, 2.45) is 10.4 Å². The van der Waals surface area contributed by atoms with E-state index in [0.29, 0.717) is 24.8 Å². The summed E-state index contributed by atoms with van der Waals surface area (Å²) in [5.41, 5.74) is 0.0959. The standard InChI is InChI=1S/C20H38N4O3.HI/c1-6-8-13-27-17-14-16(20(17,3)4)23-18(21-5)22-15-9-11-24(12-10-15)19(25)26-7-2;/h15-17H,6-14H2,1-5H3,(H2,21,22,23);1H. The van der Waals surface area contributed by atoms with Crippen molar-refractivity contribution in [2.45, 2.75) is 78.0 Å². The van der Waals surface area contributed by atoms with Crippen LogP contribution in [0.5, 0.6) is 0 Å². The smallest absolute Gasteiger partial charge is 0.409 e. The molecule has 1 aliphatic carbocycles. The monoisotopic (exact) mass is 510 g/mol. The lowest BCUT2D eigenvalue weighted by atomic mass is 9.64. The van der Waals surface area contributed by atoms with Crippen molar-refractivity contribution >= 4 is 36.0 Å². The van der Waals surface area contributed by atoms with Gasteiger partial charge in [-0.25, -0.2) is 4.79 Å². The van der Waals surface area contributed by atoms with Gasteiger partial charge in [0.2, 0.25) is 0 Å². The molecule has 2 unspecified atom stereocenters. The van der Waals surface area contributed by atoms with Gasteiger partial charge in [-0.15, -0.1) is 24.0 Å². The van der Waals surface area contributed by atoms with Crippen LogP contribution in [-0.4, -0.2) is 68.5 Å². The van der Waals surface area contributed by atoms with Crippen molar-refractivity contribution in [1.82, 2.24) is 15.5 Å². The molecule has 1 saturated heterocycles. The summed E-state index contributed by atoms with van der Waals surface area (Å²) in [7, 11) is 1.81. The molecule has 0 radical (unpaired) electrons. The molecule has 0 aromatic heterocycles. The van der Waals surface area contributed by atoms with Crippen LogP contribution in [-0.2, 0) is 9.47 Å². The normalized spacial score (nSPS) is 24.8. The van der Waals surface area contributed by atoms with E-state index in [1.807, 2.05) is 14.0 Å². The first-order valence-electron chi connectivity index (χ1n) is 10.5. The molecule has 0 aromatic rings. The zero-order valence-electron chi connectivity index (χ0n) is 18.1. The average molecular weight is 510 g/mol. The SMILES string of the molecule is CCCCOC1CC(NC(=NC)NC2CCN(C(=O)OCC)CC2)C1(C)C.I. The first-order chi connectivity index (χ1) is 12.9. The summed E-state index contributed by atoms with van der Waals surface area (Å²) in [6.45, 7) is 11.3. The second kappa shape index (κ2) is 12.0. The van der Waals surface area contributed by atoms with E-state index in [1.54, 1.807) is 4.90 Å². The Labute approximate surface area is 187 Å². The first kappa shape index (κ1) is 25.3. The summed E-state index contributed by atoms with van der Waals surface area (Å²) >= 11 is 0. The fourth-order valence-corrected chi connectivity index (χ4v) is 3.73. The van der Waals surface area contributed by atoms with Crippen LogP contribution < -0.4 is 10.6 Å². The predicted molar refractivity (Wildman–Crippen MR) is 123 cm³/mol. The number of carbonyl (C=O) groups is 1. The van der Waals surface area contributed by atoms with E-state index in [4.69, 9.17) is 9.47 Å². The van der Waals surface area contributed by atoms with Gasteiger partial charge in [0, 0.05) is 44.2 Å². The molecule has 1 saturated carbocycles. The fraction of sp³-hybridized carbons (Fsp3) is 0.900. The highest BCUT2D eigenvalue weighted by Gasteiger charge is 2.49. The number of ether oxygens (including phenoxy) is 2. The van der Waals surface area contributed by atoms with Gasteiger partial charge < -0.3 is 25.0 Å². The number of hydrogen-bond donors (Lipinski definition) is 2. The van der Waals surface area contributed by atoms with Crippen LogP contribution >= 0.6 is 24.0 Å². The lowest BCUT2D eigenvalue weighted by Crippen LogP contribution is -2.64. The molecule has 0 aromatic carbocycles. The minimum atomic E-state index is -0.205. The molecule has 164 valence electrons. The maximum atomic E-state index is 11.8. The Kier molecular flexibility index (Phi) is 10.9. The van der Waals surface area contributed by atoms with Crippen molar-refractivity contribution in [3.8, 4) is 0 Å². The van der Waals surface area contributed by atoms with E-state index < -0.39 is 0 Å². The van der Waals surface area contributed by atoms with Gasteiger partial charge in [-0.3, -0.25) is 4.99 Å². The van der Waals surface area contributed by atoms with Gasteiger partial charge in [-0.05, 0) is 32.6 Å². The van der Waals surface area contributed by atoms with Crippen LogP contribution in [0, 0.1) is 5.41 Å². The van der Waals surface area contributed by atoms with Gasteiger partial charge in [-0.1, -0.05) is 27.2 Å². The number of nitrogens with one attached hydrogen (secondary N) is 2. The minimum Gasteiger partial charge on any atom is -0.450 e. The number of carbonyl (C=O) groups excluding carboxylic acids is 1. The molecule has 2 atom stereocenters. The molecule has 28 heavy (non-hydrogen) atoms. The van der Waals surface area contributed by atoms with Crippen molar-refractivity contribution in [1.29, 1.82) is 0 Å². The van der Waals surface area contributed by atoms with Crippen LogP contribution in [0.3, 0.4) is 0 Å². The largest absolute Gasteiger partial charge is 0.450 e. The summed E-state index contributed by atoms with van der Waals surface area (Å²) < 4.78 is 11.1. The van der Waals surface area contributed by atoms with E-state index in [9.17, 15) is 4.79 Å². The predicted octanol–water partition coefficient (Wildman–Crippen LogP) is 3.37. The third kappa shape index (κ3) is 6.64. The number of piperidine rings is 1. The van der Waals surface area contributed by atoms with Gasteiger partial charge in [0.25, 0.3) is 0 Å². The quantitative estimate of drug-likeness (QED) is 0.238. The highest BCUT2D eigenvalue weighted by Crippen LogP contribution is 2.42. The molecule has 2 N–H and O–H groups in total. The summed E-state index contributed by atoms with van der Waals surface area (Å²) in [5, 5.41) is 7.09. The zero-order valence-corrected chi connectivity index (χ0v) is 20.5. The number of aliphatic imine (C=N–C) groups is 1. The van der Waals surface area contributed by atoms with E-state index in [-0.39, 0.29) is 35.5 Å². The highest BCUT2D eigenvalue weighted by molar-refractivity contribution is 14.0. The summed E-state index contributed by atoms with van der Waals surface area (Å²) in [5.74, 6) is 0.842. The Bertz CT molecular complexity index is 508. The third-order valence-corrected chi connectivity index (χ3v) is 5.89. The second-order valence-corrected chi connectivity index (χ2v) is 8.14. The van der Waals surface area contributed by atoms with E-state index in [2.05, 4.69) is 36.4 Å². The van der Waals surface area contributed by atoms with Gasteiger partial charge in [-0.2, -0.15) is 0 Å². The molecular formula is C20H39IN4O3. The minimum absolute atomic E-state index is 0. The maximum absolute atomic E-state index is 11.8. The van der Waals surface area contributed by atoms with E-state index in [0.717, 1.165) is 51.3 Å². The molecule has 2 aliphatic rings. The summed E-state index contributed by atoms with van der Waals surface area (Å²) in [6, 6.07) is 0.677. The third-order valence-electron chi connectivity index (χ3n) is 5.89. The molecule has 2 rings (SSSR count). The number of unbranched alkanes of at least 4 members (excludes halogenated alkanes) is 1. The molecule has 0 bridgehead atoms. The van der Waals surface area contributed by atoms with Gasteiger partial charge in [0.1, 0.15) is 0 Å². The zero-order chi connectivity index (χ0) is 19.9. The molecule has 7 nitrogen and oxygen atoms in total. The fourth-order valence-electron chi connectivity index (χ4n) is 3.73.